The van der Waals surface area contributed by atoms with Crippen molar-refractivity contribution in [1.82, 2.24) is 0 Å². The van der Waals surface area contributed by atoms with E-state index < -0.39 is 12.6 Å². The van der Waals surface area contributed by atoms with Crippen LogP contribution in [-0.4, -0.2) is 25.5 Å². The van der Waals surface area contributed by atoms with Gasteiger partial charge in [0.1, 0.15) is 0 Å². The molecular formula is C17H13Cl3O5. The number of Topliss-reactive ketones (excluding diaryl/α,β-unsaturated/α-hetero) is 1. The molecule has 0 amide bonds. The summed E-state index contributed by atoms with van der Waals surface area (Å²) in [5.74, 6) is -0.221. The molecule has 0 unspecified atom stereocenters. The van der Waals surface area contributed by atoms with Gasteiger partial charge in [-0.05, 0) is 37.3 Å². The smallest absolute Gasteiger partial charge is 0.349 e. The lowest BCUT2D eigenvalue weighted by atomic mass is 10.1. The summed E-state index contributed by atoms with van der Waals surface area (Å²) in [5, 5.41) is 0.532. The van der Waals surface area contributed by atoms with Crippen molar-refractivity contribution in [2.45, 2.75) is 6.92 Å². The lowest BCUT2D eigenvalue weighted by Crippen LogP contribution is -2.18. The third-order valence-electron chi connectivity index (χ3n) is 3.09. The number of methoxy groups -OCH3 is 1. The molecule has 2 rings (SSSR count). The fraction of sp³-hybridized carbons (Fsp3) is 0.176. The molecule has 2 aromatic rings. The highest BCUT2D eigenvalue weighted by molar-refractivity contribution is 6.40. The highest BCUT2D eigenvalue weighted by atomic mass is 35.5. The summed E-state index contributed by atoms with van der Waals surface area (Å²) in [6, 6.07) is 7.43. The van der Waals surface area contributed by atoms with Gasteiger partial charge >= 0.3 is 5.97 Å². The number of hydrogen-bond acceptors (Lipinski definition) is 5. The Morgan fingerprint density at radius 2 is 1.64 bits per heavy atom. The van der Waals surface area contributed by atoms with Gasteiger partial charge < -0.3 is 14.2 Å². The minimum Gasteiger partial charge on any atom is -0.493 e. The average molecular weight is 404 g/mol. The Kier molecular flexibility index (Phi) is 6.53. The van der Waals surface area contributed by atoms with E-state index in [2.05, 4.69) is 0 Å². The van der Waals surface area contributed by atoms with E-state index in [4.69, 9.17) is 49.0 Å². The number of benzene rings is 2. The van der Waals surface area contributed by atoms with Crippen LogP contribution in [-0.2, 0) is 4.79 Å². The van der Waals surface area contributed by atoms with Gasteiger partial charge in [0, 0.05) is 10.6 Å². The molecular weight excluding hydrogens is 391 g/mol. The summed E-state index contributed by atoms with van der Waals surface area (Å²) in [4.78, 5) is 23.3. The number of carbonyl (C=O) groups is 2. The van der Waals surface area contributed by atoms with Crippen molar-refractivity contribution in [2.75, 3.05) is 13.7 Å². The van der Waals surface area contributed by atoms with E-state index in [1.54, 1.807) is 6.07 Å². The third kappa shape index (κ3) is 5.01. The maximum absolute atomic E-state index is 12.0. The monoisotopic (exact) mass is 402 g/mol. The largest absolute Gasteiger partial charge is 0.493 e. The molecule has 0 aliphatic rings. The van der Waals surface area contributed by atoms with Gasteiger partial charge in [0.05, 0.1) is 17.2 Å². The molecule has 0 heterocycles. The van der Waals surface area contributed by atoms with Crippen LogP contribution < -0.4 is 14.2 Å². The van der Waals surface area contributed by atoms with Gasteiger partial charge in [-0.2, -0.15) is 0 Å². The molecule has 0 saturated carbocycles. The van der Waals surface area contributed by atoms with Gasteiger partial charge in [-0.3, -0.25) is 4.79 Å². The molecule has 0 aromatic heterocycles. The number of halogens is 3. The maximum Gasteiger partial charge on any atom is 0.349 e. The first kappa shape index (κ1) is 19.4. The molecule has 0 spiro atoms. The van der Waals surface area contributed by atoms with Gasteiger partial charge in [-0.1, -0.05) is 34.8 Å². The highest BCUT2D eigenvalue weighted by Gasteiger charge is 2.16. The van der Waals surface area contributed by atoms with Crippen LogP contribution in [0.3, 0.4) is 0 Å². The van der Waals surface area contributed by atoms with Gasteiger partial charge in [0.25, 0.3) is 0 Å². The number of ether oxygens (including phenoxy) is 3. The van der Waals surface area contributed by atoms with Crippen molar-refractivity contribution < 1.29 is 23.8 Å². The van der Waals surface area contributed by atoms with Crippen molar-refractivity contribution in [1.29, 1.82) is 0 Å². The zero-order chi connectivity index (χ0) is 18.6. The topological polar surface area (TPSA) is 61.8 Å². The quantitative estimate of drug-likeness (QED) is 0.392. The summed E-state index contributed by atoms with van der Waals surface area (Å²) in [6.45, 7) is 1.03. The lowest BCUT2D eigenvalue weighted by molar-refractivity contribution is -0.136. The number of esters is 1. The Balaban J connectivity index is 2.07. The second-order valence-electron chi connectivity index (χ2n) is 4.88. The van der Waals surface area contributed by atoms with E-state index in [9.17, 15) is 9.59 Å². The summed E-state index contributed by atoms with van der Waals surface area (Å²) in [6.07, 6.45) is 0. The second-order valence-corrected chi connectivity index (χ2v) is 6.13. The first-order valence-electron chi connectivity index (χ1n) is 6.98. The highest BCUT2D eigenvalue weighted by Crippen LogP contribution is 2.36. The Bertz CT molecular complexity index is 797. The molecule has 0 fully saturated rings. The predicted octanol–water partition coefficient (Wildman–Crippen LogP) is 4.84. The molecule has 5 nitrogen and oxygen atoms in total. The van der Waals surface area contributed by atoms with Gasteiger partial charge in [-0.25, -0.2) is 4.79 Å². The maximum atomic E-state index is 12.0. The van der Waals surface area contributed by atoms with Crippen LogP contribution in [0.1, 0.15) is 17.3 Å². The molecule has 0 aliphatic carbocycles. The number of ketones is 1. The molecule has 0 radical (unpaired) electrons. The molecule has 2 aromatic carbocycles. The normalized spacial score (nSPS) is 10.3. The van der Waals surface area contributed by atoms with Crippen LogP contribution >= 0.6 is 34.8 Å². The van der Waals surface area contributed by atoms with E-state index in [0.29, 0.717) is 16.3 Å². The average Bonchev–Trinajstić information content (AvgIpc) is 2.55. The van der Waals surface area contributed by atoms with Crippen molar-refractivity contribution >= 4 is 46.6 Å². The molecule has 0 aliphatic heterocycles. The van der Waals surface area contributed by atoms with Crippen LogP contribution in [0.5, 0.6) is 17.2 Å². The molecule has 0 N–H and O–H groups in total. The van der Waals surface area contributed by atoms with Crippen LogP contribution in [0.2, 0.25) is 15.1 Å². The Morgan fingerprint density at radius 3 is 2.20 bits per heavy atom. The minimum absolute atomic E-state index is 0.000209. The van der Waals surface area contributed by atoms with E-state index in [1.807, 2.05) is 0 Å². The van der Waals surface area contributed by atoms with Crippen molar-refractivity contribution in [2.24, 2.45) is 0 Å². The predicted molar refractivity (Wildman–Crippen MR) is 95.6 cm³/mol. The fourth-order valence-electron chi connectivity index (χ4n) is 1.91. The molecule has 0 atom stereocenters. The SMILES string of the molecule is COc1cc(C(C)=O)ccc1OCC(=O)Oc1c(Cl)cc(Cl)cc1Cl. The van der Waals surface area contributed by atoms with Gasteiger partial charge in [0.15, 0.2) is 29.6 Å². The number of hydrogen-bond donors (Lipinski definition) is 0. The zero-order valence-electron chi connectivity index (χ0n) is 13.3. The standard InChI is InChI=1S/C17H13Cl3O5/c1-9(21)10-3-4-14(15(5-10)23-2)24-8-16(22)25-17-12(19)6-11(18)7-13(17)20/h3-7H,8H2,1-2H3. The first-order chi connectivity index (χ1) is 11.8. The number of carbonyl (C=O) groups excluding carboxylic acids is 2. The first-order valence-corrected chi connectivity index (χ1v) is 8.12. The van der Waals surface area contributed by atoms with E-state index in [1.165, 1.54) is 38.3 Å². The molecule has 0 saturated heterocycles. The van der Waals surface area contributed by atoms with E-state index in [-0.39, 0.29) is 27.3 Å². The number of rotatable bonds is 6. The Morgan fingerprint density at radius 1 is 1.00 bits per heavy atom. The minimum atomic E-state index is -0.719. The van der Waals surface area contributed by atoms with Gasteiger partial charge in [-0.15, -0.1) is 0 Å². The fourth-order valence-corrected chi connectivity index (χ4v) is 2.81. The van der Waals surface area contributed by atoms with Crippen LogP contribution in [0.25, 0.3) is 0 Å². The summed E-state index contributed by atoms with van der Waals surface area (Å²) < 4.78 is 15.6. The summed E-state index contributed by atoms with van der Waals surface area (Å²) in [7, 11) is 1.43. The lowest BCUT2D eigenvalue weighted by Gasteiger charge is -2.12. The third-order valence-corrected chi connectivity index (χ3v) is 3.87. The Labute approximate surface area is 159 Å². The summed E-state index contributed by atoms with van der Waals surface area (Å²) in [5.41, 5.74) is 0.464. The van der Waals surface area contributed by atoms with Crippen LogP contribution in [0, 0.1) is 0 Å². The molecule has 0 bridgehead atoms. The van der Waals surface area contributed by atoms with Crippen LogP contribution in [0.15, 0.2) is 30.3 Å². The molecule has 25 heavy (non-hydrogen) atoms. The van der Waals surface area contributed by atoms with Crippen molar-refractivity contribution in [3.63, 3.8) is 0 Å². The van der Waals surface area contributed by atoms with Gasteiger partial charge in [0.2, 0.25) is 0 Å². The van der Waals surface area contributed by atoms with E-state index in [0.717, 1.165) is 0 Å². The summed E-state index contributed by atoms with van der Waals surface area (Å²) >= 11 is 17.7. The van der Waals surface area contributed by atoms with Crippen molar-refractivity contribution in [3.8, 4) is 17.2 Å². The second kappa shape index (κ2) is 8.43. The van der Waals surface area contributed by atoms with E-state index >= 15 is 0 Å². The molecule has 8 heteroatoms. The Hall–Kier alpha value is -1.95. The zero-order valence-corrected chi connectivity index (χ0v) is 15.5. The van der Waals surface area contributed by atoms with Crippen LogP contribution in [0.4, 0.5) is 0 Å². The van der Waals surface area contributed by atoms with Crippen molar-refractivity contribution in [3.05, 3.63) is 51.0 Å². The molecule has 132 valence electrons.